The third-order valence-electron chi connectivity index (χ3n) is 1.01. The highest BCUT2D eigenvalue weighted by atomic mass is 32.1. The highest BCUT2D eigenvalue weighted by Crippen LogP contribution is 2.17. The maximum atomic E-state index is 4.77. The first kappa shape index (κ1) is 8.89. The van der Waals surface area contributed by atoms with Crippen LogP contribution in [-0.4, -0.2) is 12.2 Å². The zero-order chi connectivity index (χ0) is 7.33. The van der Waals surface area contributed by atoms with Gasteiger partial charge in [-0.2, -0.15) is 0 Å². The molecule has 2 heteroatoms. The largest absolute Gasteiger partial charge is 0.480 e. The van der Waals surface area contributed by atoms with Gasteiger partial charge >= 0.3 is 0 Å². The lowest BCUT2D eigenvalue weighted by molar-refractivity contribution is 0.246. The van der Waals surface area contributed by atoms with Crippen LogP contribution < -0.4 is 0 Å². The van der Waals surface area contributed by atoms with E-state index in [1.165, 1.54) is 0 Å². The molecule has 0 fully saturated rings. The fourth-order valence-electron chi connectivity index (χ4n) is 0.399. The van der Waals surface area contributed by atoms with E-state index in [0.29, 0.717) is 12.0 Å². The monoisotopic (exact) mass is 145 g/mol. The molecular formula is C7H13OS. The SMILES string of the molecule is CC(C)(C)CCO[C]=S. The van der Waals surface area contributed by atoms with Gasteiger partial charge in [0.2, 0.25) is 5.55 Å². The molecule has 0 heterocycles. The average molecular weight is 145 g/mol. The molecule has 1 nitrogen and oxygen atoms in total. The van der Waals surface area contributed by atoms with Crippen LogP contribution in [0.3, 0.4) is 0 Å². The molecular weight excluding hydrogens is 132 g/mol. The van der Waals surface area contributed by atoms with Gasteiger partial charge in [0, 0.05) is 0 Å². The molecule has 0 aliphatic carbocycles. The number of ether oxygens (including phenoxy) is 1. The number of hydrogen-bond acceptors (Lipinski definition) is 2. The van der Waals surface area contributed by atoms with E-state index in [4.69, 9.17) is 4.74 Å². The van der Waals surface area contributed by atoms with Crippen molar-refractivity contribution in [1.82, 2.24) is 0 Å². The first-order chi connectivity index (χ1) is 4.06. The fraction of sp³-hybridized carbons (Fsp3) is 0.857. The summed E-state index contributed by atoms with van der Waals surface area (Å²) < 4.78 is 4.77. The van der Waals surface area contributed by atoms with Crippen LogP contribution in [0.5, 0.6) is 0 Å². The number of rotatable bonds is 3. The van der Waals surface area contributed by atoms with Crippen molar-refractivity contribution in [2.24, 2.45) is 5.41 Å². The Kier molecular flexibility index (Phi) is 3.78. The molecule has 0 spiro atoms. The zero-order valence-corrected chi connectivity index (χ0v) is 7.05. The second kappa shape index (κ2) is 3.83. The zero-order valence-electron chi connectivity index (χ0n) is 6.23. The highest BCUT2D eigenvalue weighted by molar-refractivity contribution is 7.78. The fourth-order valence-corrected chi connectivity index (χ4v) is 0.482. The maximum absolute atomic E-state index is 4.77. The van der Waals surface area contributed by atoms with Crippen molar-refractivity contribution < 1.29 is 4.74 Å². The van der Waals surface area contributed by atoms with Gasteiger partial charge in [-0.05, 0) is 24.1 Å². The Hall–Kier alpha value is -0.110. The Bertz CT molecular complexity index is 83.4. The first-order valence-corrected chi connectivity index (χ1v) is 3.46. The topological polar surface area (TPSA) is 9.23 Å². The molecule has 1 radical (unpaired) electrons. The van der Waals surface area contributed by atoms with Crippen LogP contribution in [0, 0.1) is 5.41 Å². The van der Waals surface area contributed by atoms with Crippen molar-refractivity contribution >= 4 is 17.8 Å². The lowest BCUT2D eigenvalue weighted by atomic mass is 9.93. The summed E-state index contributed by atoms with van der Waals surface area (Å²) in [5, 5.41) is 0. The van der Waals surface area contributed by atoms with E-state index in [1.807, 2.05) is 0 Å². The second-order valence-electron chi connectivity index (χ2n) is 3.24. The second-order valence-corrected chi connectivity index (χ2v) is 3.41. The summed E-state index contributed by atoms with van der Waals surface area (Å²) in [6.07, 6.45) is 1.02. The molecule has 0 bridgehead atoms. The predicted molar refractivity (Wildman–Crippen MR) is 42.6 cm³/mol. The van der Waals surface area contributed by atoms with Gasteiger partial charge in [0.1, 0.15) is 0 Å². The lowest BCUT2D eigenvalue weighted by Crippen LogP contribution is -2.08. The molecule has 0 rings (SSSR count). The normalized spacial score (nSPS) is 11.0. The summed E-state index contributed by atoms with van der Waals surface area (Å²) in [6, 6.07) is 0. The predicted octanol–water partition coefficient (Wildman–Crippen LogP) is 2.27. The Morgan fingerprint density at radius 3 is 2.33 bits per heavy atom. The van der Waals surface area contributed by atoms with E-state index < -0.39 is 0 Å². The molecule has 0 amide bonds. The van der Waals surface area contributed by atoms with Crippen molar-refractivity contribution in [1.29, 1.82) is 0 Å². The van der Waals surface area contributed by atoms with Gasteiger partial charge in [0.15, 0.2) is 0 Å². The van der Waals surface area contributed by atoms with E-state index in [9.17, 15) is 0 Å². The Morgan fingerprint density at radius 2 is 2.00 bits per heavy atom. The Labute approximate surface area is 62.4 Å². The van der Waals surface area contributed by atoms with Gasteiger partial charge < -0.3 is 4.74 Å². The first-order valence-electron chi connectivity index (χ1n) is 3.05. The van der Waals surface area contributed by atoms with Crippen LogP contribution in [0.1, 0.15) is 27.2 Å². The highest BCUT2D eigenvalue weighted by Gasteiger charge is 2.08. The van der Waals surface area contributed by atoms with E-state index in [2.05, 4.69) is 38.5 Å². The van der Waals surface area contributed by atoms with Crippen LogP contribution >= 0.6 is 12.2 Å². The third-order valence-corrected chi connectivity index (χ3v) is 1.13. The summed E-state index contributed by atoms with van der Waals surface area (Å²) in [5.41, 5.74) is 2.56. The van der Waals surface area contributed by atoms with E-state index in [-0.39, 0.29) is 0 Å². The molecule has 0 saturated heterocycles. The average Bonchev–Trinajstić information content (AvgIpc) is 1.63. The van der Waals surface area contributed by atoms with Crippen molar-refractivity contribution in [2.45, 2.75) is 27.2 Å². The summed E-state index contributed by atoms with van der Waals surface area (Å²) in [7, 11) is 0. The summed E-state index contributed by atoms with van der Waals surface area (Å²) >= 11 is 4.37. The Morgan fingerprint density at radius 1 is 1.44 bits per heavy atom. The molecule has 0 unspecified atom stereocenters. The molecule has 0 aromatic rings. The van der Waals surface area contributed by atoms with E-state index in [0.717, 1.165) is 6.42 Å². The van der Waals surface area contributed by atoms with Crippen molar-refractivity contribution in [3.63, 3.8) is 0 Å². The summed E-state index contributed by atoms with van der Waals surface area (Å²) in [4.78, 5) is 0. The molecule has 53 valence electrons. The van der Waals surface area contributed by atoms with Crippen molar-refractivity contribution in [3.8, 4) is 0 Å². The van der Waals surface area contributed by atoms with Crippen LogP contribution in [0.2, 0.25) is 0 Å². The van der Waals surface area contributed by atoms with E-state index in [1.54, 1.807) is 0 Å². The number of thiocarbonyl (C=S) groups is 1. The molecule has 0 aromatic carbocycles. The lowest BCUT2D eigenvalue weighted by Gasteiger charge is -2.16. The van der Waals surface area contributed by atoms with Gasteiger partial charge in [-0.3, -0.25) is 0 Å². The minimum atomic E-state index is 0.339. The molecule has 0 saturated carbocycles. The van der Waals surface area contributed by atoms with Gasteiger partial charge in [0.25, 0.3) is 0 Å². The van der Waals surface area contributed by atoms with Gasteiger partial charge in [-0.15, -0.1) is 0 Å². The standard InChI is InChI=1S/C7H13OS/c1-7(2,3)4-5-8-6-9/h4-5H2,1-3H3. The van der Waals surface area contributed by atoms with Crippen LogP contribution in [0.4, 0.5) is 0 Å². The minimum Gasteiger partial charge on any atom is -0.480 e. The third kappa shape index (κ3) is 7.89. The van der Waals surface area contributed by atoms with Crippen LogP contribution in [0.25, 0.3) is 0 Å². The van der Waals surface area contributed by atoms with Gasteiger partial charge in [-0.25, -0.2) is 0 Å². The molecule has 0 aromatic heterocycles. The van der Waals surface area contributed by atoms with E-state index >= 15 is 0 Å². The van der Waals surface area contributed by atoms with Crippen LogP contribution in [-0.2, 0) is 4.74 Å². The maximum Gasteiger partial charge on any atom is 0.239 e. The van der Waals surface area contributed by atoms with Crippen molar-refractivity contribution in [2.75, 3.05) is 6.61 Å². The molecule has 0 N–H and O–H groups in total. The van der Waals surface area contributed by atoms with Gasteiger partial charge in [-0.1, -0.05) is 20.8 Å². The summed E-state index contributed by atoms with van der Waals surface area (Å²) in [5.74, 6) is 0. The molecule has 0 atom stereocenters. The smallest absolute Gasteiger partial charge is 0.239 e. The minimum absolute atomic E-state index is 0.339. The Balaban J connectivity index is 3.17. The van der Waals surface area contributed by atoms with Crippen molar-refractivity contribution in [3.05, 3.63) is 0 Å². The molecule has 0 aliphatic heterocycles. The quantitative estimate of drug-likeness (QED) is 0.445. The van der Waals surface area contributed by atoms with Crippen LogP contribution in [0.15, 0.2) is 0 Å². The van der Waals surface area contributed by atoms with Gasteiger partial charge in [0.05, 0.1) is 6.61 Å². The number of hydrogen-bond donors (Lipinski definition) is 0. The molecule has 0 aliphatic rings. The summed E-state index contributed by atoms with van der Waals surface area (Å²) in [6.45, 7) is 7.19. The molecule has 9 heavy (non-hydrogen) atoms.